The number of fused-ring (bicyclic) bond motifs is 1. The van der Waals surface area contributed by atoms with E-state index in [1.807, 2.05) is 44.3 Å². The number of rotatable bonds is 5. The molecule has 6 heteroatoms. The minimum absolute atomic E-state index is 0.0557. The predicted molar refractivity (Wildman–Crippen MR) is 116 cm³/mol. The Hall–Kier alpha value is -2.86. The second-order valence-corrected chi connectivity index (χ2v) is 7.66. The summed E-state index contributed by atoms with van der Waals surface area (Å²) in [6.07, 6.45) is 2.55. The molecule has 4 rings (SSSR count). The summed E-state index contributed by atoms with van der Waals surface area (Å²) < 4.78 is 7.16. The van der Waals surface area contributed by atoms with E-state index in [4.69, 9.17) is 4.74 Å². The molecule has 2 aromatic heterocycles. The molecule has 0 bridgehead atoms. The number of nitrogens with zero attached hydrogens (tertiary/aromatic N) is 4. The van der Waals surface area contributed by atoms with Crippen LogP contribution >= 0.6 is 0 Å². The number of hydrogen-bond acceptors (Lipinski definition) is 5. The first-order valence-corrected chi connectivity index (χ1v) is 10.2. The second-order valence-electron chi connectivity index (χ2n) is 7.66. The molecule has 1 fully saturated rings. The van der Waals surface area contributed by atoms with Gasteiger partial charge in [0.15, 0.2) is 0 Å². The molecule has 0 spiro atoms. The summed E-state index contributed by atoms with van der Waals surface area (Å²) >= 11 is 0. The Morgan fingerprint density at radius 2 is 1.83 bits per heavy atom. The fraction of sp³-hybridized carbons (Fsp3) is 0.391. The maximum atomic E-state index is 12.9. The quantitative estimate of drug-likeness (QED) is 0.668. The van der Waals surface area contributed by atoms with Gasteiger partial charge in [0.25, 0.3) is 5.56 Å². The summed E-state index contributed by atoms with van der Waals surface area (Å²) in [5.41, 5.74) is 4.70. The van der Waals surface area contributed by atoms with E-state index >= 15 is 0 Å². The van der Waals surface area contributed by atoms with Crippen LogP contribution in [0, 0.1) is 13.8 Å². The lowest BCUT2D eigenvalue weighted by atomic mass is 10.1. The molecule has 6 nitrogen and oxygen atoms in total. The van der Waals surface area contributed by atoms with Crippen LogP contribution in [0.25, 0.3) is 5.65 Å². The van der Waals surface area contributed by atoms with E-state index in [1.54, 1.807) is 11.5 Å². The zero-order valence-corrected chi connectivity index (χ0v) is 17.4. The van der Waals surface area contributed by atoms with Gasteiger partial charge in [0.05, 0.1) is 12.8 Å². The molecule has 1 saturated heterocycles. The van der Waals surface area contributed by atoms with Gasteiger partial charge in [0.2, 0.25) is 0 Å². The first kappa shape index (κ1) is 19.5. The summed E-state index contributed by atoms with van der Waals surface area (Å²) in [5, 5.41) is 0. The van der Waals surface area contributed by atoms with E-state index in [-0.39, 0.29) is 5.56 Å². The van der Waals surface area contributed by atoms with Gasteiger partial charge in [-0.15, -0.1) is 0 Å². The SMILES string of the molecule is COc1ccccc1N1CCN(CCc2c(C)nc3cc(C)ccn3c2=O)CC1. The van der Waals surface area contributed by atoms with Crippen molar-refractivity contribution in [2.75, 3.05) is 44.7 Å². The van der Waals surface area contributed by atoms with Crippen molar-refractivity contribution in [3.8, 4) is 5.75 Å². The van der Waals surface area contributed by atoms with Crippen LogP contribution < -0.4 is 15.2 Å². The minimum atomic E-state index is 0.0557. The normalized spacial score (nSPS) is 15.1. The van der Waals surface area contributed by atoms with Crippen LogP contribution in [0.1, 0.15) is 16.8 Å². The number of para-hydroxylation sites is 2. The molecule has 3 aromatic rings. The number of aromatic nitrogens is 2. The van der Waals surface area contributed by atoms with Crippen LogP contribution in [0.3, 0.4) is 0 Å². The highest BCUT2D eigenvalue weighted by atomic mass is 16.5. The number of hydrogen-bond donors (Lipinski definition) is 0. The van der Waals surface area contributed by atoms with Crippen molar-refractivity contribution in [3.05, 3.63) is 69.8 Å². The number of anilines is 1. The summed E-state index contributed by atoms with van der Waals surface area (Å²) in [7, 11) is 1.72. The molecular formula is C23H28N4O2. The molecule has 1 aliphatic rings. The van der Waals surface area contributed by atoms with Gasteiger partial charge in [0, 0.05) is 50.2 Å². The van der Waals surface area contributed by atoms with Gasteiger partial charge in [-0.2, -0.15) is 0 Å². The maximum Gasteiger partial charge on any atom is 0.261 e. The van der Waals surface area contributed by atoms with Crippen molar-refractivity contribution in [1.29, 1.82) is 0 Å². The Balaban J connectivity index is 1.42. The lowest BCUT2D eigenvalue weighted by Crippen LogP contribution is -2.47. The smallest absolute Gasteiger partial charge is 0.261 e. The second kappa shape index (κ2) is 8.25. The zero-order valence-electron chi connectivity index (χ0n) is 17.4. The van der Waals surface area contributed by atoms with Gasteiger partial charge < -0.3 is 9.64 Å². The highest BCUT2D eigenvalue weighted by Gasteiger charge is 2.20. The minimum Gasteiger partial charge on any atom is -0.495 e. The molecule has 1 aliphatic heterocycles. The molecule has 0 saturated carbocycles. The van der Waals surface area contributed by atoms with Gasteiger partial charge in [-0.05, 0) is 50.1 Å². The van der Waals surface area contributed by atoms with Crippen molar-refractivity contribution in [2.24, 2.45) is 0 Å². The highest BCUT2D eigenvalue weighted by Crippen LogP contribution is 2.28. The lowest BCUT2D eigenvalue weighted by molar-refractivity contribution is 0.259. The van der Waals surface area contributed by atoms with Crippen LogP contribution in [0.5, 0.6) is 5.75 Å². The topological polar surface area (TPSA) is 50.1 Å². The third kappa shape index (κ3) is 3.98. The maximum absolute atomic E-state index is 12.9. The summed E-state index contributed by atoms with van der Waals surface area (Å²) in [6.45, 7) is 8.67. The number of aryl methyl sites for hydroxylation is 2. The van der Waals surface area contributed by atoms with E-state index in [1.165, 1.54) is 0 Å². The molecule has 3 heterocycles. The molecule has 0 atom stereocenters. The lowest BCUT2D eigenvalue weighted by Gasteiger charge is -2.36. The van der Waals surface area contributed by atoms with Gasteiger partial charge in [-0.3, -0.25) is 14.1 Å². The summed E-state index contributed by atoms with van der Waals surface area (Å²) in [5.74, 6) is 0.919. The fourth-order valence-electron chi connectivity index (χ4n) is 4.05. The van der Waals surface area contributed by atoms with E-state index < -0.39 is 0 Å². The van der Waals surface area contributed by atoms with E-state index in [0.717, 1.165) is 73.0 Å². The number of piperazine rings is 1. The van der Waals surface area contributed by atoms with Crippen molar-refractivity contribution in [1.82, 2.24) is 14.3 Å². The van der Waals surface area contributed by atoms with E-state index in [9.17, 15) is 4.79 Å². The largest absolute Gasteiger partial charge is 0.495 e. The van der Waals surface area contributed by atoms with Gasteiger partial charge >= 0.3 is 0 Å². The van der Waals surface area contributed by atoms with Crippen molar-refractivity contribution >= 4 is 11.3 Å². The number of ether oxygens (including phenoxy) is 1. The van der Waals surface area contributed by atoms with Gasteiger partial charge in [-0.25, -0.2) is 4.98 Å². The highest BCUT2D eigenvalue weighted by molar-refractivity contribution is 5.58. The van der Waals surface area contributed by atoms with Gasteiger partial charge in [0.1, 0.15) is 11.4 Å². The number of pyridine rings is 1. The Morgan fingerprint density at radius 3 is 2.59 bits per heavy atom. The number of methoxy groups -OCH3 is 1. The first-order chi connectivity index (χ1) is 14.1. The van der Waals surface area contributed by atoms with Crippen LogP contribution in [0.4, 0.5) is 5.69 Å². The van der Waals surface area contributed by atoms with Crippen LogP contribution in [0.2, 0.25) is 0 Å². The summed E-state index contributed by atoms with van der Waals surface area (Å²) in [4.78, 5) is 22.4. The predicted octanol–water partition coefficient (Wildman–Crippen LogP) is 2.68. The van der Waals surface area contributed by atoms with Crippen LogP contribution in [0.15, 0.2) is 47.4 Å². The van der Waals surface area contributed by atoms with Crippen molar-refractivity contribution < 1.29 is 4.74 Å². The molecule has 29 heavy (non-hydrogen) atoms. The Kier molecular flexibility index (Phi) is 5.53. The van der Waals surface area contributed by atoms with E-state index in [0.29, 0.717) is 0 Å². The molecule has 0 aliphatic carbocycles. The Morgan fingerprint density at radius 1 is 1.07 bits per heavy atom. The average Bonchev–Trinajstić information content (AvgIpc) is 2.73. The van der Waals surface area contributed by atoms with Gasteiger partial charge in [-0.1, -0.05) is 12.1 Å². The monoisotopic (exact) mass is 392 g/mol. The van der Waals surface area contributed by atoms with Crippen LogP contribution in [-0.2, 0) is 6.42 Å². The Labute approximate surface area is 171 Å². The first-order valence-electron chi connectivity index (χ1n) is 10.2. The molecule has 152 valence electrons. The zero-order chi connectivity index (χ0) is 20.4. The molecule has 1 aromatic carbocycles. The molecule has 0 radical (unpaired) electrons. The summed E-state index contributed by atoms with van der Waals surface area (Å²) in [6, 6.07) is 12.1. The molecule has 0 unspecified atom stereocenters. The molecular weight excluding hydrogens is 364 g/mol. The van der Waals surface area contributed by atoms with Crippen LogP contribution in [-0.4, -0.2) is 54.1 Å². The molecule has 0 amide bonds. The Bertz CT molecular complexity index is 1070. The fourth-order valence-corrected chi connectivity index (χ4v) is 4.05. The standard InChI is InChI=1S/C23H28N4O2/c1-17-8-11-27-22(16-17)24-18(2)19(23(27)28)9-10-25-12-14-26(15-13-25)20-6-4-5-7-21(20)29-3/h4-8,11,16H,9-10,12-15H2,1-3H3. The third-order valence-corrected chi connectivity index (χ3v) is 5.76. The van der Waals surface area contributed by atoms with E-state index in [2.05, 4.69) is 26.9 Å². The van der Waals surface area contributed by atoms with Crippen molar-refractivity contribution in [2.45, 2.75) is 20.3 Å². The number of benzene rings is 1. The molecule has 0 N–H and O–H groups in total. The average molecular weight is 393 g/mol. The third-order valence-electron chi connectivity index (χ3n) is 5.76. The van der Waals surface area contributed by atoms with Crippen molar-refractivity contribution in [3.63, 3.8) is 0 Å².